The Hall–Kier alpha value is -3.17. The summed E-state index contributed by atoms with van der Waals surface area (Å²) >= 11 is 1.27. The van der Waals surface area contributed by atoms with Gasteiger partial charge in [0.15, 0.2) is 0 Å². The van der Waals surface area contributed by atoms with Crippen LogP contribution in [0.15, 0.2) is 47.4 Å². The number of carbonyl (C=O) groups excluding carboxylic acids is 1. The van der Waals surface area contributed by atoms with Crippen LogP contribution in [0.5, 0.6) is 0 Å². The van der Waals surface area contributed by atoms with Gasteiger partial charge in [-0.1, -0.05) is 18.2 Å². The van der Waals surface area contributed by atoms with Crippen LogP contribution < -0.4 is 10.5 Å². The molecule has 11 heteroatoms. The first-order valence-corrected chi connectivity index (χ1v) is 12.6. The van der Waals surface area contributed by atoms with Crippen LogP contribution in [0.1, 0.15) is 27.1 Å². The van der Waals surface area contributed by atoms with Crippen LogP contribution in [-0.2, 0) is 40.7 Å². The molecule has 2 heterocycles. The number of benzene rings is 2. The number of nitrogens with one attached hydrogen (secondary N) is 1. The maximum absolute atomic E-state index is 14.0. The molecule has 0 saturated carbocycles. The van der Waals surface area contributed by atoms with E-state index in [-0.39, 0.29) is 29.3 Å². The Labute approximate surface area is 199 Å². The Kier molecular flexibility index (Phi) is 6.77. The molecule has 7 nitrogen and oxygen atoms in total. The van der Waals surface area contributed by atoms with E-state index in [1.54, 1.807) is 0 Å². The number of rotatable bonds is 6. The summed E-state index contributed by atoms with van der Waals surface area (Å²) < 4.78 is 50.8. The van der Waals surface area contributed by atoms with Crippen LogP contribution in [0.2, 0.25) is 0 Å². The summed E-state index contributed by atoms with van der Waals surface area (Å²) in [6.07, 6.45) is 0.507. The van der Waals surface area contributed by atoms with Gasteiger partial charge >= 0.3 is 0 Å². The highest BCUT2D eigenvalue weighted by Gasteiger charge is 2.26. The highest BCUT2D eigenvalue weighted by molar-refractivity contribution is 7.89. The fourth-order valence-electron chi connectivity index (χ4n) is 3.86. The zero-order valence-electron chi connectivity index (χ0n) is 17.8. The maximum Gasteiger partial charge on any atom is 0.238 e. The molecule has 1 aliphatic heterocycles. The molecule has 3 aromatic rings. The van der Waals surface area contributed by atoms with Gasteiger partial charge < -0.3 is 5.32 Å². The Bertz CT molecular complexity index is 1380. The van der Waals surface area contributed by atoms with Gasteiger partial charge in [0.05, 0.1) is 16.9 Å². The van der Waals surface area contributed by atoms with Crippen molar-refractivity contribution >= 4 is 32.3 Å². The molecule has 1 aliphatic rings. The van der Waals surface area contributed by atoms with Crippen molar-refractivity contribution in [3.8, 4) is 6.07 Å². The molecule has 0 bridgehead atoms. The lowest BCUT2D eigenvalue weighted by atomic mass is 10.0. The molecule has 0 saturated heterocycles. The first-order valence-electron chi connectivity index (χ1n) is 10.3. The Morgan fingerprint density at radius 1 is 1.18 bits per heavy atom. The fourth-order valence-corrected chi connectivity index (χ4v) is 5.63. The molecule has 176 valence electrons. The van der Waals surface area contributed by atoms with Crippen molar-refractivity contribution in [2.45, 2.75) is 30.8 Å². The van der Waals surface area contributed by atoms with Gasteiger partial charge in [0.1, 0.15) is 22.7 Å². The van der Waals surface area contributed by atoms with Crippen LogP contribution in [0.3, 0.4) is 0 Å². The van der Waals surface area contributed by atoms with Crippen molar-refractivity contribution in [1.29, 1.82) is 5.26 Å². The quantitative estimate of drug-likeness (QED) is 0.537. The predicted molar refractivity (Wildman–Crippen MR) is 123 cm³/mol. The number of halogens is 2. The van der Waals surface area contributed by atoms with Gasteiger partial charge in [-0.05, 0) is 41.8 Å². The van der Waals surface area contributed by atoms with E-state index in [9.17, 15) is 27.3 Å². The van der Waals surface area contributed by atoms with E-state index in [0.717, 1.165) is 10.4 Å². The lowest BCUT2D eigenvalue weighted by molar-refractivity contribution is -0.115. The van der Waals surface area contributed by atoms with Gasteiger partial charge in [-0.25, -0.2) is 22.3 Å². The first kappa shape index (κ1) is 24.0. The number of carbonyl (C=O) groups is 1. The van der Waals surface area contributed by atoms with Gasteiger partial charge in [0.25, 0.3) is 0 Å². The third-order valence-corrected chi connectivity index (χ3v) is 7.62. The molecule has 0 spiro atoms. The van der Waals surface area contributed by atoms with E-state index in [0.29, 0.717) is 35.6 Å². The van der Waals surface area contributed by atoms with E-state index in [1.807, 2.05) is 4.90 Å². The summed E-state index contributed by atoms with van der Waals surface area (Å²) in [5.74, 6) is -1.55. The molecule has 0 unspecified atom stereocenters. The number of hydrogen-bond acceptors (Lipinski definition) is 6. The summed E-state index contributed by atoms with van der Waals surface area (Å²) in [6, 6.07) is 11.6. The van der Waals surface area contributed by atoms with Crippen molar-refractivity contribution < 1.29 is 22.0 Å². The van der Waals surface area contributed by atoms with E-state index in [1.165, 1.54) is 53.8 Å². The van der Waals surface area contributed by atoms with Gasteiger partial charge in [-0.3, -0.25) is 9.69 Å². The van der Waals surface area contributed by atoms with Crippen LogP contribution in [0.4, 0.5) is 13.8 Å². The number of nitriles is 1. The summed E-state index contributed by atoms with van der Waals surface area (Å²) in [5.41, 5.74) is 1.83. The summed E-state index contributed by atoms with van der Waals surface area (Å²) in [6.45, 7) is 1.04. The van der Waals surface area contributed by atoms with Crippen molar-refractivity contribution in [3.63, 3.8) is 0 Å². The van der Waals surface area contributed by atoms with E-state index < -0.39 is 21.7 Å². The number of nitrogens with zero attached hydrogens (tertiary/aromatic N) is 2. The van der Waals surface area contributed by atoms with Crippen LogP contribution in [-0.4, -0.2) is 25.8 Å². The molecule has 0 fully saturated rings. The molecular formula is C23H20F2N4O3S2. The van der Waals surface area contributed by atoms with Crippen LogP contribution >= 0.6 is 11.3 Å². The molecule has 3 N–H and O–H groups in total. The zero-order chi connectivity index (χ0) is 24.5. The zero-order valence-corrected chi connectivity index (χ0v) is 19.5. The summed E-state index contributed by atoms with van der Waals surface area (Å²) in [7, 11) is -3.82. The number of primary sulfonamides is 1. The normalized spacial score (nSPS) is 13.8. The minimum Gasteiger partial charge on any atom is -0.316 e. The number of amides is 1. The number of fused-ring (bicyclic) bond motifs is 1. The van der Waals surface area contributed by atoms with E-state index in [4.69, 9.17) is 5.14 Å². The van der Waals surface area contributed by atoms with Crippen molar-refractivity contribution in [2.24, 2.45) is 5.14 Å². The molecule has 2 aromatic carbocycles. The van der Waals surface area contributed by atoms with E-state index >= 15 is 0 Å². The number of anilines is 1. The van der Waals surface area contributed by atoms with Crippen LogP contribution in [0, 0.1) is 23.0 Å². The van der Waals surface area contributed by atoms with Crippen molar-refractivity contribution in [2.75, 3.05) is 11.9 Å². The lowest BCUT2D eigenvalue weighted by Crippen LogP contribution is -2.30. The largest absolute Gasteiger partial charge is 0.316 e. The predicted octanol–water partition coefficient (Wildman–Crippen LogP) is 3.28. The lowest BCUT2D eigenvalue weighted by Gasteiger charge is -2.27. The minimum atomic E-state index is -3.82. The summed E-state index contributed by atoms with van der Waals surface area (Å²) in [4.78, 5) is 15.3. The van der Waals surface area contributed by atoms with Gasteiger partial charge in [-0.2, -0.15) is 5.26 Å². The average molecular weight is 503 g/mol. The maximum atomic E-state index is 14.0. The average Bonchev–Trinajstić information content (AvgIpc) is 3.12. The number of thiophene rings is 1. The monoisotopic (exact) mass is 502 g/mol. The molecule has 0 aliphatic carbocycles. The molecule has 0 atom stereocenters. The number of nitrogens with two attached hydrogens (primary N) is 1. The Morgan fingerprint density at radius 3 is 2.47 bits per heavy atom. The third-order valence-electron chi connectivity index (χ3n) is 5.56. The number of sulfonamides is 1. The van der Waals surface area contributed by atoms with Crippen LogP contribution in [0.25, 0.3) is 0 Å². The van der Waals surface area contributed by atoms with Gasteiger partial charge in [0.2, 0.25) is 15.9 Å². The fraction of sp³-hybridized carbons (Fsp3) is 0.217. The minimum absolute atomic E-state index is 0.00462. The van der Waals surface area contributed by atoms with Gasteiger partial charge in [-0.15, -0.1) is 11.3 Å². The second-order valence-electron chi connectivity index (χ2n) is 7.89. The molecule has 34 heavy (non-hydrogen) atoms. The highest BCUT2D eigenvalue weighted by atomic mass is 32.2. The van der Waals surface area contributed by atoms with Gasteiger partial charge in [0, 0.05) is 30.1 Å². The second-order valence-corrected chi connectivity index (χ2v) is 10.6. The molecule has 0 radical (unpaired) electrons. The summed E-state index contributed by atoms with van der Waals surface area (Å²) in [5, 5.41) is 18.0. The Morgan fingerprint density at radius 2 is 1.85 bits per heavy atom. The topological polar surface area (TPSA) is 116 Å². The molecule has 1 amide bonds. The Balaban J connectivity index is 1.46. The molecule has 1 aromatic heterocycles. The highest BCUT2D eigenvalue weighted by Crippen LogP contribution is 2.37. The smallest absolute Gasteiger partial charge is 0.238 e. The molecule has 4 rings (SSSR count). The first-order chi connectivity index (χ1) is 16.2. The van der Waals surface area contributed by atoms with Crippen molar-refractivity contribution in [1.82, 2.24) is 4.90 Å². The third kappa shape index (κ3) is 5.15. The number of hydrogen-bond donors (Lipinski definition) is 2. The van der Waals surface area contributed by atoms with E-state index in [2.05, 4.69) is 11.4 Å². The van der Waals surface area contributed by atoms with Crippen molar-refractivity contribution in [3.05, 3.63) is 81.2 Å². The SMILES string of the molecule is N#Cc1c(NC(=O)Cc2ccc(S(N)(=O)=O)cc2)sc2c1CCN(Cc1c(F)cccc1F)C2. The second kappa shape index (κ2) is 9.60. The molecular weight excluding hydrogens is 482 g/mol. The standard InChI is InChI=1S/C23H20F2N4O3S2/c24-19-2-1-3-20(25)18(19)12-29-9-8-16-17(11-26)23(33-21(16)13-29)28-22(30)10-14-4-6-15(7-5-14)34(27,31)32/h1-7H,8-10,12-13H2,(H,28,30)(H2,27,31,32).